The molecule has 1 amide bonds. The number of anilines is 1. The van der Waals surface area contributed by atoms with Gasteiger partial charge in [-0.2, -0.15) is 5.10 Å². The number of ether oxygens (including phenoxy) is 1. The largest absolute Gasteiger partial charge is 0.497 e. The Hall–Kier alpha value is -3.61. The minimum atomic E-state index is -0.499. The van der Waals surface area contributed by atoms with Gasteiger partial charge in [-0.3, -0.25) is 9.59 Å². The van der Waals surface area contributed by atoms with E-state index in [2.05, 4.69) is 10.4 Å². The lowest BCUT2D eigenvalue weighted by Gasteiger charge is -2.19. The van der Waals surface area contributed by atoms with Crippen molar-refractivity contribution in [3.63, 3.8) is 0 Å². The molecule has 0 saturated carbocycles. The predicted octanol–water partition coefficient (Wildman–Crippen LogP) is 5.78. The number of rotatable bonds is 5. The first-order chi connectivity index (χ1) is 15.9. The molecule has 0 aliphatic heterocycles. The second-order valence-corrected chi connectivity index (χ2v) is 8.04. The summed E-state index contributed by atoms with van der Waals surface area (Å²) in [5.74, 6) is 0.366. The fraction of sp³-hybridized carbons (Fsp3) is 0.0800. The molecular formula is C25H19Cl2N3O3. The van der Waals surface area contributed by atoms with Gasteiger partial charge in [0.2, 0.25) is 5.43 Å². The van der Waals surface area contributed by atoms with Crippen molar-refractivity contribution < 1.29 is 9.53 Å². The smallest absolute Gasteiger partial charge is 0.258 e. The lowest BCUT2D eigenvalue weighted by molar-refractivity contribution is 0.102. The predicted molar refractivity (Wildman–Crippen MR) is 131 cm³/mol. The van der Waals surface area contributed by atoms with Crippen molar-refractivity contribution in [1.29, 1.82) is 0 Å². The number of amides is 1. The van der Waals surface area contributed by atoms with Gasteiger partial charge in [0.15, 0.2) is 0 Å². The molecule has 0 aliphatic rings. The van der Waals surface area contributed by atoms with Crippen molar-refractivity contribution in [2.45, 2.75) is 6.92 Å². The fourth-order valence-corrected chi connectivity index (χ4v) is 3.88. The topological polar surface area (TPSA) is 73.2 Å². The van der Waals surface area contributed by atoms with Crippen molar-refractivity contribution >= 4 is 34.9 Å². The van der Waals surface area contributed by atoms with Gasteiger partial charge in [0, 0.05) is 5.02 Å². The van der Waals surface area contributed by atoms with Crippen LogP contribution in [0.2, 0.25) is 10.0 Å². The Morgan fingerprint density at radius 3 is 2.33 bits per heavy atom. The standard InChI is InChI=1S/C25H19Cl2N3O3/c1-15-23(31)22(16-8-11-19(33-2)12-9-16)24(30(29-15)18-6-4-3-5-7-18)28-25(32)20-13-10-17(26)14-21(20)27/h3-14H,1-2H3,(H,28,32). The number of nitrogens with zero attached hydrogens (tertiary/aromatic N) is 2. The first-order valence-electron chi connectivity index (χ1n) is 9.99. The normalized spacial score (nSPS) is 10.7. The van der Waals surface area contributed by atoms with Crippen molar-refractivity contribution in [2.24, 2.45) is 0 Å². The highest BCUT2D eigenvalue weighted by Crippen LogP contribution is 2.30. The molecule has 0 spiro atoms. The molecule has 6 nitrogen and oxygen atoms in total. The SMILES string of the molecule is COc1ccc(-c2c(NC(=O)c3ccc(Cl)cc3Cl)n(-c3ccccc3)nc(C)c2=O)cc1. The number of carbonyl (C=O) groups is 1. The van der Waals surface area contributed by atoms with Crippen LogP contribution in [0.25, 0.3) is 16.8 Å². The van der Waals surface area contributed by atoms with E-state index in [0.29, 0.717) is 27.6 Å². The van der Waals surface area contributed by atoms with Crippen LogP contribution in [0.5, 0.6) is 5.75 Å². The third-order valence-corrected chi connectivity index (χ3v) is 5.59. The van der Waals surface area contributed by atoms with Crippen molar-refractivity contribution in [3.05, 3.63) is 104 Å². The number of para-hydroxylation sites is 1. The third kappa shape index (κ3) is 4.62. The summed E-state index contributed by atoms with van der Waals surface area (Å²) in [7, 11) is 1.56. The zero-order valence-corrected chi connectivity index (χ0v) is 19.3. The highest BCUT2D eigenvalue weighted by molar-refractivity contribution is 6.37. The molecule has 166 valence electrons. The maximum absolute atomic E-state index is 13.3. The number of hydrogen-bond donors (Lipinski definition) is 1. The Labute approximate surface area is 200 Å². The summed E-state index contributed by atoms with van der Waals surface area (Å²) in [6.07, 6.45) is 0. The lowest BCUT2D eigenvalue weighted by atomic mass is 10.0. The van der Waals surface area contributed by atoms with E-state index < -0.39 is 5.91 Å². The summed E-state index contributed by atoms with van der Waals surface area (Å²) in [5, 5.41) is 7.91. The van der Waals surface area contributed by atoms with Gasteiger partial charge in [0.25, 0.3) is 5.91 Å². The van der Waals surface area contributed by atoms with Gasteiger partial charge in [-0.25, -0.2) is 4.68 Å². The summed E-state index contributed by atoms with van der Waals surface area (Å²) < 4.78 is 6.78. The molecule has 3 aromatic carbocycles. The Kier molecular flexibility index (Phi) is 6.49. The number of aryl methyl sites for hydroxylation is 1. The van der Waals surface area contributed by atoms with Crippen LogP contribution in [-0.2, 0) is 0 Å². The molecule has 0 radical (unpaired) electrons. The molecule has 1 aromatic heterocycles. The van der Waals surface area contributed by atoms with Crippen molar-refractivity contribution in [3.8, 4) is 22.6 Å². The van der Waals surface area contributed by atoms with Gasteiger partial charge in [-0.05, 0) is 55.0 Å². The van der Waals surface area contributed by atoms with Gasteiger partial charge in [0.05, 0.1) is 28.9 Å². The molecular weight excluding hydrogens is 461 g/mol. The zero-order chi connectivity index (χ0) is 23.5. The monoisotopic (exact) mass is 479 g/mol. The van der Waals surface area contributed by atoms with E-state index in [1.807, 2.05) is 30.3 Å². The molecule has 1 heterocycles. The highest BCUT2D eigenvalue weighted by atomic mass is 35.5. The number of benzene rings is 3. The number of hydrogen-bond acceptors (Lipinski definition) is 4. The lowest BCUT2D eigenvalue weighted by Crippen LogP contribution is -2.25. The first kappa shape index (κ1) is 22.6. The van der Waals surface area contributed by atoms with Crippen molar-refractivity contribution in [1.82, 2.24) is 9.78 Å². The number of carbonyl (C=O) groups excluding carboxylic acids is 1. The maximum Gasteiger partial charge on any atom is 0.258 e. The molecule has 0 bridgehead atoms. The third-order valence-electron chi connectivity index (χ3n) is 5.04. The first-order valence-corrected chi connectivity index (χ1v) is 10.7. The van der Waals surface area contributed by atoms with E-state index in [0.717, 1.165) is 0 Å². The van der Waals surface area contributed by atoms with Crippen LogP contribution in [0, 0.1) is 6.92 Å². The Balaban J connectivity index is 1.94. The molecule has 1 N–H and O–H groups in total. The van der Waals surface area contributed by atoms with Crippen LogP contribution in [-0.4, -0.2) is 22.8 Å². The van der Waals surface area contributed by atoms with Crippen molar-refractivity contribution in [2.75, 3.05) is 12.4 Å². The maximum atomic E-state index is 13.3. The molecule has 0 saturated heterocycles. The number of aromatic nitrogens is 2. The molecule has 33 heavy (non-hydrogen) atoms. The molecule has 0 atom stereocenters. The molecule has 0 aliphatic carbocycles. The van der Waals surface area contributed by atoms with Crippen LogP contribution in [0.3, 0.4) is 0 Å². The van der Waals surface area contributed by atoms with E-state index >= 15 is 0 Å². The number of halogens is 2. The quantitative estimate of drug-likeness (QED) is 0.393. The number of nitrogens with one attached hydrogen (secondary N) is 1. The summed E-state index contributed by atoms with van der Waals surface area (Å²) in [6, 6.07) is 20.8. The van der Waals surface area contributed by atoms with Crippen LogP contribution in [0.1, 0.15) is 16.1 Å². The average Bonchev–Trinajstić information content (AvgIpc) is 2.82. The van der Waals surface area contributed by atoms with Crippen LogP contribution < -0.4 is 15.5 Å². The molecule has 8 heteroatoms. The summed E-state index contributed by atoms with van der Waals surface area (Å²) in [6.45, 7) is 1.64. The zero-order valence-electron chi connectivity index (χ0n) is 17.8. The van der Waals surface area contributed by atoms with Gasteiger partial charge < -0.3 is 10.1 Å². The molecule has 0 fully saturated rings. The average molecular weight is 480 g/mol. The van der Waals surface area contributed by atoms with E-state index in [-0.39, 0.29) is 27.5 Å². The fourth-order valence-electron chi connectivity index (χ4n) is 3.39. The Bertz CT molecular complexity index is 1380. The second kappa shape index (κ2) is 9.48. The van der Waals surface area contributed by atoms with E-state index in [1.165, 1.54) is 16.8 Å². The van der Waals surface area contributed by atoms with Crippen LogP contribution in [0.15, 0.2) is 77.6 Å². The molecule has 0 unspecified atom stereocenters. The van der Waals surface area contributed by atoms with E-state index in [9.17, 15) is 9.59 Å². The number of methoxy groups -OCH3 is 1. The van der Waals surface area contributed by atoms with Gasteiger partial charge >= 0.3 is 0 Å². The Morgan fingerprint density at radius 1 is 1.00 bits per heavy atom. The minimum Gasteiger partial charge on any atom is -0.497 e. The highest BCUT2D eigenvalue weighted by Gasteiger charge is 2.22. The summed E-state index contributed by atoms with van der Waals surface area (Å²) in [5.41, 5.74) is 1.78. The van der Waals surface area contributed by atoms with E-state index in [1.54, 1.807) is 44.4 Å². The van der Waals surface area contributed by atoms with Crippen LogP contribution in [0.4, 0.5) is 5.82 Å². The summed E-state index contributed by atoms with van der Waals surface area (Å²) >= 11 is 12.2. The van der Waals surface area contributed by atoms with Crippen LogP contribution >= 0.6 is 23.2 Å². The molecule has 4 aromatic rings. The summed E-state index contributed by atoms with van der Waals surface area (Å²) in [4.78, 5) is 26.5. The Morgan fingerprint density at radius 2 is 1.70 bits per heavy atom. The molecule has 4 rings (SSSR count). The van der Waals surface area contributed by atoms with E-state index in [4.69, 9.17) is 27.9 Å². The minimum absolute atomic E-state index is 0.194. The van der Waals surface area contributed by atoms with Gasteiger partial charge in [0.1, 0.15) is 17.3 Å². The second-order valence-electron chi connectivity index (χ2n) is 7.19. The van der Waals surface area contributed by atoms with Gasteiger partial charge in [-0.15, -0.1) is 0 Å². The van der Waals surface area contributed by atoms with Gasteiger partial charge in [-0.1, -0.05) is 53.5 Å².